The molecule has 6 nitrogen and oxygen atoms in total. The van der Waals surface area contributed by atoms with Crippen LogP contribution in [0.3, 0.4) is 0 Å². The number of hydrogen-bond acceptors (Lipinski definition) is 4. The van der Waals surface area contributed by atoms with Crippen LogP contribution in [0.5, 0.6) is 0 Å². The van der Waals surface area contributed by atoms with Gasteiger partial charge in [-0.15, -0.1) is 0 Å². The molecule has 0 aliphatic heterocycles. The van der Waals surface area contributed by atoms with Crippen molar-refractivity contribution in [2.24, 2.45) is 0 Å². The molecule has 1 amide bonds. The van der Waals surface area contributed by atoms with E-state index in [1.54, 1.807) is 0 Å². The van der Waals surface area contributed by atoms with Gasteiger partial charge in [-0.2, -0.15) is 13.2 Å². The summed E-state index contributed by atoms with van der Waals surface area (Å²) in [6, 6.07) is 0. The zero-order valence-corrected chi connectivity index (χ0v) is 10.9. The summed E-state index contributed by atoms with van der Waals surface area (Å²) in [5.41, 5.74) is 0. The van der Waals surface area contributed by atoms with Gasteiger partial charge in [-0.3, -0.25) is 4.79 Å². The summed E-state index contributed by atoms with van der Waals surface area (Å²) in [5, 5.41) is 4.78. The zero-order chi connectivity index (χ0) is 14.2. The molecule has 0 saturated heterocycles. The van der Waals surface area contributed by atoms with E-state index in [0.29, 0.717) is 11.4 Å². The van der Waals surface area contributed by atoms with E-state index < -0.39 is 25.3 Å². The topological polar surface area (TPSA) is 98.7 Å². The molecule has 0 saturated carbocycles. The third-order valence-corrected chi connectivity index (χ3v) is 3.80. The summed E-state index contributed by atoms with van der Waals surface area (Å²) in [7, 11) is 0. The van der Waals surface area contributed by atoms with Crippen LogP contribution in [-0.4, -0.2) is 85.0 Å². The molecule has 0 aromatic carbocycles. The van der Waals surface area contributed by atoms with Crippen LogP contribution >= 0.6 is 18.2 Å². The van der Waals surface area contributed by atoms with Crippen molar-refractivity contribution in [3.05, 3.63) is 0 Å². The van der Waals surface area contributed by atoms with Crippen molar-refractivity contribution in [3.8, 4) is 0 Å². The zero-order valence-electron chi connectivity index (χ0n) is 9.24. The van der Waals surface area contributed by atoms with E-state index in [9.17, 15) is 22.5 Å². The van der Waals surface area contributed by atoms with Crippen LogP contribution in [-0.2, 0) is 9.36 Å². The number of halogens is 3. The molecule has 0 aromatic rings. The number of rotatable bonds is 8. The predicted octanol–water partition coefficient (Wildman–Crippen LogP) is -0.827. The molecule has 0 aliphatic rings. The molecule has 0 bridgehead atoms. The fourth-order valence-electron chi connectivity index (χ4n) is 0.897. The van der Waals surface area contributed by atoms with E-state index in [0.717, 1.165) is 0 Å². The molecule has 0 heterocycles. The number of alkyl halides is 3. The molecule has 13 heteroatoms. The second-order valence-corrected chi connectivity index (χ2v) is 7.06. The van der Waals surface area contributed by atoms with Crippen LogP contribution < -0.4 is 10.6 Å². The monoisotopic (exact) mass is 326 g/mol. The molecule has 20 heavy (non-hydrogen) atoms. The minimum absolute atomic E-state index is 0. The Hall–Kier alpha value is 0.915. The number of nitrogens with one attached hydrogen (secondary N) is 2. The van der Waals surface area contributed by atoms with Crippen LogP contribution in [0.15, 0.2) is 0 Å². The van der Waals surface area contributed by atoms with E-state index in [-0.39, 0.29) is 63.1 Å². The fourth-order valence-corrected chi connectivity index (χ4v) is 2.36. The maximum atomic E-state index is 11.7. The van der Waals surface area contributed by atoms with E-state index in [1.165, 1.54) is 0 Å². The maximum absolute atomic E-state index is 11.7. The Morgan fingerprint density at radius 3 is 2.15 bits per heavy atom. The number of hydrogen-bond donors (Lipinski definition) is 4. The average Bonchev–Trinajstić information content (AvgIpc) is 2.11. The Morgan fingerprint density at radius 1 is 1.15 bits per heavy atom. The van der Waals surface area contributed by atoms with Gasteiger partial charge < -0.3 is 20.4 Å². The standard InChI is InChI=1S/C7H14F3N2O4PS.2Li.2H/c8-7(9,10)5-6(13)12-2-1-11-3-4-18-17(14,15)16;;;;/h11H,1-5H2,(H,12,13)(H2,14,15,16);;;;. The van der Waals surface area contributed by atoms with Gasteiger partial charge in [-0.05, 0) is 11.4 Å². The van der Waals surface area contributed by atoms with E-state index >= 15 is 0 Å². The van der Waals surface area contributed by atoms with Crippen LogP contribution in [0.2, 0.25) is 0 Å². The first-order valence-corrected chi connectivity index (χ1v) is 8.05. The Balaban J connectivity index is -0.00000144. The van der Waals surface area contributed by atoms with Crippen LogP contribution in [0.4, 0.5) is 13.2 Å². The fraction of sp³-hybridized carbons (Fsp3) is 0.857. The van der Waals surface area contributed by atoms with Gasteiger partial charge in [-0.25, -0.2) is 4.57 Å². The Morgan fingerprint density at radius 2 is 1.70 bits per heavy atom. The summed E-state index contributed by atoms with van der Waals surface area (Å²) in [5.74, 6) is -0.935. The number of amides is 1. The van der Waals surface area contributed by atoms with Gasteiger partial charge in [0.25, 0.3) is 0 Å². The molecule has 0 radical (unpaired) electrons. The van der Waals surface area contributed by atoms with Gasteiger partial charge >= 0.3 is 50.7 Å². The first-order valence-electron chi connectivity index (χ1n) is 4.84. The van der Waals surface area contributed by atoms with E-state index in [1.807, 2.05) is 0 Å². The summed E-state index contributed by atoms with van der Waals surface area (Å²) in [4.78, 5) is 27.7. The second-order valence-electron chi connectivity index (χ2n) is 3.22. The van der Waals surface area contributed by atoms with E-state index in [4.69, 9.17) is 9.79 Å². The average molecular weight is 326 g/mol. The van der Waals surface area contributed by atoms with Crippen molar-refractivity contribution >= 4 is 61.8 Å². The van der Waals surface area contributed by atoms with Crippen LogP contribution in [0.1, 0.15) is 6.42 Å². The number of carbonyl (C=O) groups is 1. The van der Waals surface area contributed by atoms with Gasteiger partial charge in [0, 0.05) is 25.4 Å². The SMILES string of the molecule is O=C(CC(F)(F)F)NCCNCCSP(=O)(O)O.[LiH].[LiH]. The van der Waals surface area contributed by atoms with Crippen molar-refractivity contribution in [2.75, 3.05) is 25.4 Å². The molecule has 0 atom stereocenters. The molecule has 0 unspecified atom stereocenters. The van der Waals surface area contributed by atoms with Crippen molar-refractivity contribution < 1.29 is 32.3 Å². The first kappa shape index (κ1) is 25.8. The van der Waals surface area contributed by atoms with Gasteiger partial charge in [0.1, 0.15) is 6.42 Å². The van der Waals surface area contributed by atoms with Gasteiger partial charge in [-0.1, -0.05) is 0 Å². The molecular formula is C7H16F3Li2N2O4PS. The summed E-state index contributed by atoms with van der Waals surface area (Å²) < 4.78 is 45.6. The molecule has 112 valence electrons. The molecule has 4 N–H and O–H groups in total. The molecule has 0 aliphatic carbocycles. The Bertz CT molecular complexity index is 319. The Labute approximate surface area is 142 Å². The first-order chi connectivity index (χ1) is 8.10. The summed E-state index contributed by atoms with van der Waals surface area (Å²) in [6.07, 6.45) is -6.03. The van der Waals surface area contributed by atoms with Crippen molar-refractivity contribution in [3.63, 3.8) is 0 Å². The van der Waals surface area contributed by atoms with Crippen LogP contribution in [0, 0.1) is 0 Å². The van der Waals surface area contributed by atoms with Crippen LogP contribution in [0.25, 0.3) is 0 Å². The summed E-state index contributed by atoms with van der Waals surface area (Å²) in [6.45, 7) is -3.55. The third kappa shape index (κ3) is 21.2. The molecular weight excluding hydrogens is 310 g/mol. The molecule has 0 aromatic heterocycles. The van der Waals surface area contributed by atoms with Gasteiger partial charge in [0.2, 0.25) is 5.91 Å². The van der Waals surface area contributed by atoms with Crippen molar-refractivity contribution in [2.45, 2.75) is 12.6 Å². The molecule has 0 spiro atoms. The van der Waals surface area contributed by atoms with Gasteiger partial charge in [0.15, 0.2) is 0 Å². The van der Waals surface area contributed by atoms with Gasteiger partial charge in [0.05, 0.1) is 0 Å². The predicted molar refractivity (Wildman–Crippen MR) is 75.4 cm³/mol. The molecule has 0 fully saturated rings. The second kappa shape index (κ2) is 12.5. The Kier molecular flexibility index (Phi) is 16.1. The summed E-state index contributed by atoms with van der Waals surface area (Å²) >= 11 is 0.474. The quantitative estimate of drug-likeness (QED) is 0.264. The minimum atomic E-state index is -4.52. The van der Waals surface area contributed by atoms with Crippen molar-refractivity contribution in [1.82, 2.24) is 10.6 Å². The molecule has 0 rings (SSSR count). The number of carbonyl (C=O) groups excluding carboxylic acids is 1. The third-order valence-electron chi connectivity index (χ3n) is 1.52. The van der Waals surface area contributed by atoms with Crippen molar-refractivity contribution in [1.29, 1.82) is 0 Å². The van der Waals surface area contributed by atoms with E-state index in [2.05, 4.69) is 10.6 Å². The normalized spacial score (nSPS) is 11.2.